The van der Waals surface area contributed by atoms with Gasteiger partial charge in [0.15, 0.2) is 11.5 Å². The number of hydrogen-bond donors (Lipinski definition) is 0. The van der Waals surface area contributed by atoms with Gasteiger partial charge in [-0.3, -0.25) is 9.69 Å². The first-order valence-corrected chi connectivity index (χ1v) is 12.0. The Hall–Kier alpha value is -2.54. The molecule has 4 heterocycles. The third kappa shape index (κ3) is 3.38. The molecule has 2 unspecified atom stereocenters. The predicted molar refractivity (Wildman–Crippen MR) is 120 cm³/mol. The lowest BCUT2D eigenvalue weighted by molar-refractivity contribution is -0.136. The Labute approximate surface area is 189 Å². The number of carbonyl (C=O) groups is 1. The molecule has 7 nitrogen and oxygen atoms in total. The largest absolute Gasteiger partial charge is 0.454 e. The summed E-state index contributed by atoms with van der Waals surface area (Å²) in [5, 5.41) is 0. The molecule has 170 valence electrons. The van der Waals surface area contributed by atoms with Crippen molar-refractivity contribution in [3.8, 4) is 11.5 Å². The van der Waals surface area contributed by atoms with E-state index in [2.05, 4.69) is 46.5 Å². The Morgan fingerprint density at radius 3 is 2.84 bits per heavy atom. The summed E-state index contributed by atoms with van der Waals surface area (Å²) >= 11 is 0. The van der Waals surface area contributed by atoms with E-state index in [1.807, 2.05) is 12.4 Å². The molecule has 1 amide bonds. The minimum atomic E-state index is -0.360. The summed E-state index contributed by atoms with van der Waals surface area (Å²) in [6, 6.07) is 6.54. The number of rotatable bonds is 6. The van der Waals surface area contributed by atoms with Crippen LogP contribution in [-0.2, 0) is 11.3 Å². The number of imidazole rings is 1. The van der Waals surface area contributed by atoms with Crippen molar-refractivity contribution in [3.63, 3.8) is 0 Å². The van der Waals surface area contributed by atoms with Gasteiger partial charge in [-0.1, -0.05) is 6.07 Å². The Balaban J connectivity index is 1.28. The van der Waals surface area contributed by atoms with Crippen LogP contribution in [0.5, 0.6) is 11.5 Å². The molecule has 1 spiro atoms. The van der Waals surface area contributed by atoms with Gasteiger partial charge < -0.3 is 18.9 Å². The first kappa shape index (κ1) is 20.1. The summed E-state index contributed by atoms with van der Waals surface area (Å²) in [7, 11) is 0. The summed E-state index contributed by atoms with van der Waals surface area (Å²) in [4.78, 5) is 23.2. The highest BCUT2D eigenvalue weighted by atomic mass is 16.7. The summed E-state index contributed by atoms with van der Waals surface area (Å²) in [5.41, 5.74) is 1.90. The second-order valence-electron chi connectivity index (χ2n) is 10.4. The second-order valence-corrected chi connectivity index (χ2v) is 10.4. The fourth-order valence-corrected chi connectivity index (χ4v) is 5.73. The molecule has 1 aliphatic carbocycles. The van der Waals surface area contributed by atoms with E-state index in [9.17, 15) is 4.79 Å². The third-order valence-corrected chi connectivity index (χ3v) is 7.75. The third-order valence-electron chi connectivity index (χ3n) is 7.75. The zero-order valence-electron chi connectivity index (χ0n) is 19.0. The highest BCUT2D eigenvalue weighted by Crippen LogP contribution is 2.50. The topological polar surface area (TPSA) is 59.8 Å². The lowest BCUT2D eigenvalue weighted by Crippen LogP contribution is -2.40. The molecular formula is C25H32N4O3. The van der Waals surface area contributed by atoms with Crippen LogP contribution in [0.3, 0.4) is 0 Å². The van der Waals surface area contributed by atoms with Crippen LogP contribution in [0.1, 0.15) is 56.3 Å². The molecule has 0 N–H and O–H groups in total. The molecule has 2 aromatic rings. The van der Waals surface area contributed by atoms with E-state index < -0.39 is 0 Å². The van der Waals surface area contributed by atoms with Gasteiger partial charge in [0.25, 0.3) is 0 Å². The Kier molecular flexibility index (Phi) is 4.72. The van der Waals surface area contributed by atoms with Crippen molar-refractivity contribution in [1.82, 2.24) is 19.4 Å². The van der Waals surface area contributed by atoms with E-state index in [-0.39, 0.29) is 18.1 Å². The Morgan fingerprint density at radius 2 is 2.06 bits per heavy atom. The molecule has 1 aromatic carbocycles. The van der Waals surface area contributed by atoms with E-state index in [4.69, 9.17) is 14.5 Å². The van der Waals surface area contributed by atoms with Gasteiger partial charge in [0.1, 0.15) is 0 Å². The monoisotopic (exact) mass is 436 g/mol. The minimum Gasteiger partial charge on any atom is -0.454 e. The number of nitrogens with zero attached hydrogens (tertiary/aromatic N) is 4. The molecule has 3 fully saturated rings. The van der Waals surface area contributed by atoms with Crippen molar-refractivity contribution in [2.45, 2.75) is 51.6 Å². The van der Waals surface area contributed by atoms with Crippen LogP contribution in [0.4, 0.5) is 0 Å². The smallest absolute Gasteiger partial charge is 0.231 e. The maximum Gasteiger partial charge on any atom is 0.231 e. The molecule has 6 rings (SSSR count). The van der Waals surface area contributed by atoms with Gasteiger partial charge in [-0.2, -0.15) is 0 Å². The van der Waals surface area contributed by atoms with Crippen LogP contribution < -0.4 is 9.47 Å². The molecule has 2 atom stereocenters. The number of carbonyl (C=O) groups excluding carboxylic acids is 1. The van der Waals surface area contributed by atoms with Gasteiger partial charge in [-0.25, -0.2) is 4.98 Å². The van der Waals surface area contributed by atoms with Gasteiger partial charge in [-0.05, 0) is 56.7 Å². The molecule has 1 aromatic heterocycles. The van der Waals surface area contributed by atoms with E-state index in [1.54, 1.807) is 0 Å². The van der Waals surface area contributed by atoms with Gasteiger partial charge in [-0.15, -0.1) is 0 Å². The van der Waals surface area contributed by atoms with Gasteiger partial charge >= 0.3 is 0 Å². The number of likely N-dealkylation sites (tertiary alicyclic amines) is 2. The molecule has 0 radical (unpaired) electrons. The van der Waals surface area contributed by atoms with Crippen LogP contribution in [0, 0.1) is 11.3 Å². The van der Waals surface area contributed by atoms with Crippen LogP contribution in [0.25, 0.3) is 0 Å². The average molecular weight is 437 g/mol. The summed E-state index contributed by atoms with van der Waals surface area (Å²) in [6.45, 7) is 8.89. The zero-order valence-corrected chi connectivity index (χ0v) is 19.0. The summed E-state index contributed by atoms with van der Waals surface area (Å²) in [6.07, 6.45) is 7.56. The quantitative estimate of drug-likeness (QED) is 0.695. The molecule has 4 aliphatic rings. The van der Waals surface area contributed by atoms with Crippen molar-refractivity contribution in [2.75, 3.05) is 33.0 Å². The predicted octanol–water partition coefficient (Wildman–Crippen LogP) is 3.42. The molecular weight excluding hydrogens is 404 g/mol. The van der Waals surface area contributed by atoms with Gasteiger partial charge in [0.2, 0.25) is 12.7 Å². The van der Waals surface area contributed by atoms with Crippen LogP contribution in [0.2, 0.25) is 0 Å². The fourth-order valence-electron chi connectivity index (χ4n) is 5.73. The molecule has 0 bridgehead atoms. The van der Waals surface area contributed by atoms with Crippen LogP contribution in [0.15, 0.2) is 30.7 Å². The highest BCUT2D eigenvalue weighted by Gasteiger charge is 2.58. The Bertz CT molecular complexity index is 1030. The molecule has 1 saturated carbocycles. The van der Waals surface area contributed by atoms with Crippen molar-refractivity contribution >= 4 is 5.91 Å². The SMILES string of the molecule is CC(C)n1cnc(C2CN(Cc3ccc4c(c3)OCO4)CC23CCN(CC2CC2)C3=O)c1. The number of amides is 1. The first-order chi connectivity index (χ1) is 15.5. The molecule has 32 heavy (non-hydrogen) atoms. The molecule has 7 heteroatoms. The van der Waals surface area contributed by atoms with E-state index in [0.717, 1.165) is 62.3 Å². The van der Waals surface area contributed by atoms with Crippen molar-refractivity contribution in [1.29, 1.82) is 0 Å². The van der Waals surface area contributed by atoms with Crippen LogP contribution >= 0.6 is 0 Å². The minimum absolute atomic E-state index is 0.133. The van der Waals surface area contributed by atoms with Crippen molar-refractivity contribution < 1.29 is 14.3 Å². The normalized spacial score (nSPS) is 27.4. The van der Waals surface area contributed by atoms with Crippen molar-refractivity contribution in [2.24, 2.45) is 11.3 Å². The Morgan fingerprint density at radius 1 is 1.22 bits per heavy atom. The molecule has 2 saturated heterocycles. The number of fused-ring (bicyclic) bond motifs is 1. The number of benzene rings is 1. The number of aromatic nitrogens is 2. The molecule has 3 aliphatic heterocycles. The number of ether oxygens (including phenoxy) is 2. The number of hydrogen-bond acceptors (Lipinski definition) is 5. The van der Waals surface area contributed by atoms with Crippen LogP contribution in [-0.4, -0.2) is 58.2 Å². The fraction of sp³-hybridized carbons (Fsp3) is 0.600. The van der Waals surface area contributed by atoms with Gasteiger partial charge in [0.05, 0.1) is 17.4 Å². The van der Waals surface area contributed by atoms with E-state index >= 15 is 0 Å². The standard InChI is InChI=1S/C25H32N4O3/c1-17(2)29-13-21(26-15-29)20-12-27(10-19-5-6-22-23(9-19)32-16-31-22)14-25(20)7-8-28(24(25)30)11-18-3-4-18/h5-6,9,13,15,17-18,20H,3-4,7-8,10-12,14,16H2,1-2H3. The summed E-state index contributed by atoms with van der Waals surface area (Å²) < 4.78 is 13.2. The first-order valence-electron chi connectivity index (χ1n) is 12.0. The summed E-state index contributed by atoms with van der Waals surface area (Å²) in [5.74, 6) is 2.83. The maximum absolute atomic E-state index is 13.8. The van der Waals surface area contributed by atoms with E-state index in [1.165, 1.54) is 18.4 Å². The second kappa shape index (κ2) is 7.51. The van der Waals surface area contributed by atoms with Crippen molar-refractivity contribution in [3.05, 3.63) is 42.0 Å². The zero-order chi connectivity index (χ0) is 21.9. The lowest BCUT2D eigenvalue weighted by atomic mass is 9.75. The van der Waals surface area contributed by atoms with E-state index in [0.29, 0.717) is 11.9 Å². The lowest BCUT2D eigenvalue weighted by Gasteiger charge is -2.28. The maximum atomic E-state index is 13.8. The highest BCUT2D eigenvalue weighted by molar-refractivity contribution is 5.87. The average Bonchev–Trinajstić information content (AvgIpc) is 3.15. The van der Waals surface area contributed by atoms with Gasteiger partial charge in [0, 0.05) is 50.9 Å².